The zero-order chi connectivity index (χ0) is 28.7. The van der Waals surface area contributed by atoms with Gasteiger partial charge in [0, 0.05) is 43.5 Å². The number of aromatic nitrogens is 2. The monoisotopic (exact) mass is 577 g/mol. The molecule has 0 saturated carbocycles. The van der Waals surface area contributed by atoms with Gasteiger partial charge in [-0.25, -0.2) is 4.39 Å². The molecular formula is C32H37ClFN5O2. The molecule has 0 bridgehead atoms. The lowest BCUT2D eigenvalue weighted by Gasteiger charge is -2.47. The zero-order valence-corrected chi connectivity index (χ0v) is 24.5. The van der Waals surface area contributed by atoms with Gasteiger partial charge in [0.2, 0.25) is 0 Å². The summed E-state index contributed by atoms with van der Waals surface area (Å²) >= 11 is 6.11. The van der Waals surface area contributed by atoms with Crippen molar-refractivity contribution in [1.82, 2.24) is 24.9 Å². The molecule has 2 fully saturated rings. The summed E-state index contributed by atoms with van der Waals surface area (Å²) in [5.41, 5.74) is 5.39. The van der Waals surface area contributed by atoms with E-state index in [2.05, 4.69) is 22.2 Å². The quantitative estimate of drug-likeness (QED) is 0.437. The van der Waals surface area contributed by atoms with Gasteiger partial charge >= 0.3 is 0 Å². The molecule has 3 aromatic rings. The molecule has 2 aliphatic heterocycles. The van der Waals surface area contributed by atoms with Gasteiger partial charge < -0.3 is 10.2 Å². The summed E-state index contributed by atoms with van der Waals surface area (Å²) in [4.78, 5) is 31.0. The lowest BCUT2D eigenvalue weighted by molar-refractivity contribution is 0.0284. The normalized spacial score (nSPS) is 20.3. The van der Waals surface area contributed by atoms with Crippen LogP contribution < -0.4 is 5.32 Å². The third-order valence-corrected chi connectivity index (χ3v) is 10.0. The molecule has 216 valence electrons. The fourth-order valence-corrected chi connectivity index (χ4v) is 7.07. The van der Waals surface area contributed by atoms with Crippen LogP contribution in [0.4, 0.5) is 4.39 Å². The van der Waals surface area contributed by atoms with Crippen LogP contribution in [0, 0.1) is 18.2 Å². The van der Waals surface area contributed by atoms with Gasteiger partial charge in [0.25, 0.3) is 11.8 Å². The largest absolute Gasteiger partial charge is 0.345 e. The van der Waals surface area contributed by atoms with E-state index in [0.29, 0.717) is 17.4 Å². The smallest absolute Gasteiger partial charge is 0.256 e. The number of nitrogens with one attached hydrogen (secondary N) is 1. The first-order valence-electron chi connectivity index (χ1n) is 14.6. The van der Waals surface area contributed by atoms with Crippen molar-refractivity contribution in [2.24, 2.45) is 12.5 Å². The molecule has 3 heterocycles. The minimum Gasteiger partial charge on any atom is -0.345 e. The third kappa shape index (κ3) is 5.52. The highest BCUT2D eigenvalue weighted by molar-refractivity contribution is 6.33. The second-order valence-corrected chi connectivity index (χ2v) is 12.4. The number of carbonyl (C=O) groups excluding carboxylic acids is 2. The van der Waals surface area contributed by atoms with Crippen molar-refractivity contribution in [2.45, 2.75) is 58.0 Å². The van der Waals surface area contributed by atoms with E-state index in [9.17, 15) is 14.0 Å². The maximum atomic E-state index is 14.3. The van der Waals surface area contributed by atoms with Gasteiger partial charge in [-0.05, 0) is 99.3 Å². The van der Waals surface area contributed by atoms with Crippen LogP contribution in [0.1, 0.15) is 81.2 Å². The Morgan fingerprint density at radius 3 is 2.51 bits per heavy atom. The number of carbonyl (C=O) groups is 2. The SMILES string of the molecule is Cc1c(CN2CCC3(CC2)CCN(C(=O)c2ccc4c(c2)C(NC(=O)c2c(F)cccc2Cl)CC4)CC3)cnn1C. The Labute approximate surface area is 245 Å². The third-order valence-electron chi connectivity index (χ3n) is 9.72. The van der Waals surface area contributed by atoms with E-state index in [1.807, 2.05) is 41.0 Å². The van der Waals surface area contributed by atoms with Crippen LogP contribution in [0.25, 0.3) is 0 Å². The summed E-state index contributed by atoms with van der Waals surface area (Å²) in [6.45, 7) is 6.77. The molecule has 6 rings (SSSR count). The van der Waals surface area contributed by atoms with Crippen LogP contribution in [0.5, 0.6) is 0 Å². The lowest BCUT2D eigenvalue weighted by Crippen LogP contribution is -2.48. The molecular weight excluding hydrogens is 541 g/mol. The first kappa shape index (κ1) is 27.9. The second kappa shape index (κ2) is 11.2. The average Bonchev–Trinajstić information content (AvgIpc) is 3.51. The van der Waals surface area contributed by atoms with Crippen molar-refractivity contribution in [3.8, 4) is 0 Å². The molecule has 9 heteroatoms. The summed E-state index contributed by atoms with van der Waals surface area (Å²) in [7, 11) is 1.99. The van der Waals surface area contributed by atoms with Crippen LogP contribution in [-0.4, -0.2) is 57.6 Å². The van der Waals surface area contributed by atoms with E-state index in [0.717, 1.165) is 63.1 Å². The first-order chi connectivity index (χ1) is 19.7. The number of hydrogen-bond donors (Lipinski definition) is 1. The second-order valence-electron chi connectivity index (χ2n) is 12.0. The number of rotatable bonds is 5. The number of piperidine rings is 2. The Morgan fingerprint density at radius 2 is 1.83 bits per heavy atom. The maximum Gasteiger partial charge on any atom is 0.256 e. The number of hydrogen-bond acceptors (Lipinski definition) is 4. The van der Waals surface area contributed by atoms with Crippen molar-refractivity contribution in [3.63, 3.8) is 0 Å². The van der Waals surface area contributed by atoms with Crippen molar-refractivity contribution >= 4 is 23.4 Å². The van der Waals surface area contributed by atoms with Crippen molar-refractivity contribution in [2.75, 3.05) is 26.2 Å². The van der Waals surface area contributed by atoms with Gasteiger partial charge in [-0.1, -0.05) is 23.7 Å². The zero-order valence-electron chi connectivity index (χ0n) is 23.8. The van der Waals surface area contributed by atoms with E-state index in [1.54, 1.807) is 0 Å². The van der Waals surface area contributed by atoms with E-state index < -0.39 is 11.7 Å². The fourth-order valence-electron chi connectivity index (χ4n) is 6.82. The van der Waals surface area contributed by atoms with Crippen LogP contribution in [0.15, 0.2) is 42.6 Å². The Morgan fingerprint density at radius 1 is 1.10 bits per heavy atom. The predicted octanol–water partition coefficient (Wildman–Crippen LogP) is 5.46. The van der Waals surface area contributed by atoms with Crippen molar-refractivity contribution in [3.05, 3.63) is 86.9 Å². The van der Waals surface area contributed by atoms with Gasteiger partial charge in [-0.2, -0.15) is 5.10 Å². The van der Waals surface area contributed by atoms with E-state index in [4.69, 9.17) is 11.6 Å². The number of fused-ring (bicyclic) bond motifs is 1. The molecule has 2 aromatic carbocycles. The molecule has 1 aromatic heterocycles. The molecule has 41 heavy (non-hydrogen) atoms. The molecule has 1 aliphatic carbocycles. The van der Waals surface area contributed by atoms with Crippen LogP contribution in [0.3, 0.4) is 0 Å². The Bertz CT molecular complexity index is 1450. The van der Waals surface area contributed by atoms with Crippen LogP contribution in [0.2, 0.25) is 5.02 Å². The highest BCUT2D eigenvalue weighted by atomic mass is 35.5. The first-order valence-corrected chi connectivity index (χ1v) is 15.0. The predicted molar refractivity (Wildman–Crippen MR) is 156 cm³/mol. The number of aryl methyl sites for hydroxylation is 2. The molecule has 2 saturated heterocycles. The van der Waals surface area contributed by atoms with Crippen LogP contribution >= 0.6 is 11.6 Å². The summed E-state index contributed by atoms with van der Waals surface area (Å²) in [6.07, 6.45) is 7.88. The van der Waals surface area contributed by atoms with Gasteiger partial charge in [0.1, 0.15) is 5.82 Å². The molecule has 1 unspecified atom stereocenters. The highest BCUT2D eigenvalue weighted by Crippen LogP contribution is 2.42. The molecule has 2 amide bonds. The maximum absolute atomic E-state index is 14.3. The standard InChI is InChI=1S/C32H37ClFN5O2/c1-21-24(19-35-37(21)2)20-38-14-10-32(11-15-38)12-16-39(17-13-32)31(41)23-7-6-22-8-9-28(25(22)18-23)36-30(40)29-26(33)4-3-5-27(29)34/h3-7,18-19,28H,8-17,20H2,1-2H3,(H,36,40). The summed E-state index contributed by atoms with van der Waals surface area (Å²) < 4.78 is 16.2. The molecule has 7 nitrogen and oxygen atoms in total. The van der Waals surface area contributed by atoms with Gasteiger partial charge in [0.15, 0.2) is 0 Å². The van der Waals surface area contributed by atoms with Gasteiger partial charge in [-0.3, -0.25) is 19.2 Å². The number of benzene rings is 2. The Kier molecular flexibility index (Phi) is 7.64. The number of halogens is 2. The fraction of sp³-hybridized carbons (Fsp3) is 0.469. The van der Waals surface area contributed by atoms with E-state index in [-0.39, 0.29) is 22.5 Å². The minimum absolute atomic E-state index is 0.0428. The molecule has 3 aliphatic rings. The lowest BCUT2D eigenvalue weighted by atomic mass is 9.71. The highest BCUT2D eigenvalue weighted by Gasteiger charge is 2.39. The number of amides is 2. The average molecular weight is 578 g/mol. The van der Waals surface area contributed by atoms with Crippen LogP contribution in [-0.2, 0) is 20.0 Å². The van der Waals surface area contributed by atoms with Gasteiger partial charge in [-0.15, -0.1) is 0 Å². The minimum atomic E-state index is -0.644. The Hall–Kier alpha value is -3.23. The molecule has 1 atom stereocenters. The Balaban J connectivity index is 1.06. The molecule has 1 spiro atoms. The topological polar surface area (TPSA) is 70.5 Å². The molecule has 1 N–H and O–H groups in total. The number of nitrogens with zero attached hydrogens (tertiary/aromatic N) is 4. The summed E-state index contributed by atoms with van der Waals surface area (Å²) in [5.74, 6) is -1.14. The summed E-state index contributed by atoms with van der Waals surface area (Å²) in [5, 5.41) is 7.41. The molecule has 0 radical (unpaired) electrons. The van der Waals surface area contributed by atoms with E-state index >= 15 is 0 Å². The van der Waals surface area contributed by atoms with Crippen molar-refractivity contribution < 1.29 is 14.0 Å². The summed E-state index contributed by atoms with van der Waals surface area (Å²) in [6, 6.07) is 9.75. The number of likely N-dealkylation sites (tertiary alicyclic amines) is 2. The van der Waals surface area contributed by atoms with E-state index in [1.165, 1.54) is 42.3 Å². The van der Waals surface area contributed by atoms with Gasteiger partial charge in [0.05, 0.1) is 22.8 Å². The van der Waals surface area contributed by atoms with Crippen molar-refractivity contribution in [1.29, 1.82) is 0 Å².